The number of amides is 1. The van der Waals surface area contributed by atoms with Crippen LogP contribution >= 0.6 is 0 Å². The number of benzene rings is 2. The van der Waals surface area contributed by atoms with Crippen molar-refractivity contribution in [3.8, 4) is 5.75 Å². The molecule has 0 fully saturated rings. The van der Waals surface area contributed by atoms with Crippen LogP contribution in [0.25, 0.3) is 10.9 Å². The van der Waals surface area contributed by atoms with E-state index < -0.39 is 6.09 Å². The van der Waals surface area contributed by atoms with Gasteiger partial charge in [0, 0.05) is 32.4 Å². The van der Waals surface area contributed by atoms with Crippen LogP contribution in [0.1, 0.15) is 18.1 Å². The summed E-state index contributed by atoms with van der Waals surface area (Å²) in [5.74, 6) is 0.345. The molecule has 5 heteroatoms. The van der Waals surface area contributed by atoms with E-state index in [1.807, 2.05) is 61.5 Å². The zero-order valence-electron chi connectivity index (χ0n) is 15.2. The van der Waals surface area contributed by atoms with E-state index in [1.165, 1.54) is 4.90 Å². The molecule has 26 heavy (non-hydrogen) atoms. The molecule has 2 aromatic carbocycles. The third kappa shape index (κ3) is 3.33. The number of aromatic nitrogens is 1. The lowest BCUT2D eigenvalue weighted by Gasteiger charge is -2.18. The number of para-hydroxylation sites is 1. The number of fused-ring (bicyclic) bond motifs is 1. The average Bonchev–Trinajstić information content (AvgIpc) is 2.65. The SMILES string of the molecule is CCn1c(=O)c(Cc2ccccc2)c(OC(=O)N(C)C)c2ccccc21. The summed E-state index contributed by atoms with van der Waals surface area (Å²) >= 11 is 0. The van der Waals surface area contributed by atoms with E-state index in [9.17, 15) is 9.59 Å². The molecule has 0 bridgehead atoms. The van der Waals surface area contributed by atoms with Crippen LogP contribution in [0.2, 0.25) is 0 Å². The number of carbonyl (C=O) groups is 1. The molecular formula is C21H22N2O3. The van der Waals surface area contributed by atoms with Gasteiger partial charge < -0.3 is 14.2 Å². The summed E-state index contributed by atoms with van der Waals surface area (Å²) in [6, 6.07) is 17.2. The van der Waals surface area contributed by atoms with Crippen LogP contribution < -0.4 is 10.3 Å². The number of pyridine rings is 1. The topological polar surface area (TPSA) is 51.5 Å². The second kappa shape index (κ2) is 7.44. The van der Waals surface area contributed by atoms with Crippen molar-refractivity contribution >= 4 is 17.0 Å². The number of rotatable bonds is 4. The van der Waals surface area contributed by atoms with Crippen LogP contribution in [0.4, 0.5) is 4.79 Å². The Morgan fingerprint density at radius 3 is 2.35 bits per heavy atom. The Labute approximate surface area is 152 Å². The highest BCUT2D eigenvalue weighted by molar-refractivity contribution is 5.89. The van der Waals surface area contributed by atoms with Gasteiger partial charge in [0.05, 0.1) is 11.1 Å². The summed E-state index contributed by atoms with van der Waals surface area (Å²) in [6.45, 7) is 2.48. The van der Waals surface area contributed by atoms with Crippen LogP contribution in [0.15, 0.2) is 59.4 Å². The molecule has 0 radical (unpaired) electrons. The lowest BCUT2D eigenvalue weighted by molar-refractivity contribution is 0.172. The molecule has 0 saturated heterocycles. The standard InChI is InChI=1S/C21H22N2O3/c1-4-23-18-13-9-8-12-16(18)19(26-21(25)22(2)3)17(20(23)24)14-15-10-6-5-7-11-15/h5-13H,4,14H2,1-3H3. The minimum atomic E-state index is -0.502. The number of carbonyl (C=O) groups excluding carboxylic acids is 1. The zero-order chi connectivity index (χ0) is 18.7. The molecule has 0 aliphatic carbocycles. The predicted molar refractivity (Wildman–Crippen MR) is 103 cm³/mol. The molecule has 0 aliphatic rings. The first-order chi connectivity index (χ1) is 12.5. The zero-order valence-corrected chi connectivity index (χ0v) is 15.2. The molecule has 0 aliphatic heterocycles. The molecule has 134 valence electrons. The molecule has 0 N–H and O–H groups in total. The van der Waals surface area contributed by atoms with Gasteiger partial charge in [0.25, 0.3) is 5.56 Å². The molecule has 0 unspecified atom stereocenters. The van der Waals surface area contributed by atoms with Crippen LogP contribution in [0.5, 0.6) is 5.75 Å². The normalized spacial score (nSPS) is 10.7. The molecule has 5 nitrogen and oxygen atoms in total. The van der Waals surface area contributed by atoms with Crippen LogP contribution in [0.3, 0.4) is 0 Å². The van der Waals surface area contributed by atoms with E-state index >= 15 is 0 Å². The Bertz CT molecular complexity index is 991. The van der Waals surface area contributed by atoms with Gasteiger partial charge in [-0.1, -0.05) is 42.5 Å². The van der Waals surface area contributed by atoms with Crippen LogP contribution in [0, 0.1) is 0 Å². The first kappa shape index (κ1) is 17.7. The highest BCUT2D eigenvalue weighted by Crippen LogP contribution is 2.29. The van der Waals surface area contributed by atoms with Gasteiger partial charge in [-0.05, 0) is 24.6 Å². The number of hydrogen-bond acceptors (Lipinski definition) is 3. The Morgan fingerprint density at radius 2 is 1.69 bits per heavy atom. The second-order valence-electron chi connectivity index (χ2n) is 6.30. The lowest BCUT2D eigenvalue weighted by atomic mass is 10.0. The Kier molecular flexibility index (Phi) is 5.07. The minimum absolute atomic E-state index is 0.128. The molecule has 3 aromatic rings. The monoisotopic (exact) mass is 350 g/mol. The number of hydrogen-bond donors (Lipinski definition) is 0. The van der Waals surface area contributed by atoms with Gasteiger partial charge in [-0.25, -0.2) is 4.79 Å². The fourth-order valence-corrected chi connectivity index (χ4v) is 3.00. The molecular weight excluding hydrogens is 328 g/mol. The minimum Gasteiger partial charge on any atom is -0.409 e. The van der Waals surface area contributed by atoms with Crippen molar-refractivity contribution < 1.29 is 9.53 Å². The van der Waals surface area contributed by atoms with E-state index in [-0.39, 0.29) is 5.56 Å². The van der Waals surface area contributed by atoms with Crippen LogP contribution in [-0.2, 0) is 13.0 Å². The quantitative estimate of drug-likeness (QED) is 0.721. The van der Waals surface area contributed by atoms with E-state index in [2.05, 4.69) is 0 Å². The summed E-state index contributed by atoms with van der Waals surface area (Å²) < 4.78 is 7.37. The first-order valence-electron chi connectivity index (χ1n) is 8.60. The number of ether oxygens (including phenoxy) is 1. The summed E-state index contributed by atoms with van der Waals surface area (Å²) in [5, 5.41) is 0.759. The molecule has 0 saturated carbocycles. The van der Waals surface area contributed by atoms with Crippen molar-refractivity contribution in [2.75, 3.05) is 14.1 Å². The van der Waals surface area contributed by atoms with Crippen molar-refractivity contribution in [1.29, 1.82) is 0 Å². The summed E-state index contributed by atoms with van der Waals surface area (Å²) in [7, 11) is 3.24. The molecule has 1 aromatic heterocycles. The third-order valence-corrected chi connectivity index (χ3v) is 4.31. The van der Waals surface area contributed by atoms with Gasteiger partial charge in [-0.2, -0.15) is 0 Å². The maximum absolute atomic E-state index is 13.1. The molecule has 0 spiro atoms. The Balaban J connectivity index is 2.27. The van der Waals surface area contributed by atoms with Gasteiger partial charge in [0.1, 0.15) is 0 Å². The van der Waals surface area contributed by atoms with E-state index in [0.29, 0.717) is 24.3 Å². The van der Waals surface area contributed by atoms with Crippen molar-refractivity contribution in [2.45, 2.75) is 19.9 Å². The van der Waals surface area contributed by atoms with Gasteiger partial charge in [0.2, 0.25) is 0 Å². The van der Waals surface area contributed by atoms with Gasteiger partial charge >= 0.3 is 6.09 Å². The summed E-state index contributed by atoms with van der Waals surface area (Å²) in [5.41, 5.74) is 2.12. The van der Waals surface area contributed by atoms with Gasteiger partial charge in [0.15, 0.2) is 5.75 Å². The maximum Gasteiger partial charge on any atom is 0.414 e. The first-order valence-corrected chi connectivity index (χ1v) is 8.60. The van der Waals surface area contributed by atoms with Gasteiger partial charge in [-0.15, -0.1) is 0 Å². The molecule has 1 amide bonds. The maximum atomic E-state index is 13.1. The molecule has 1 heterocycles. The Hall–Kier alpha value is -3.08. The van der Waals surface area contributed by atoms with E-state index in [4.69, 9.17) is 4.74 Å². The summed E-state index contributed by atoms with van der Waals surface area (Å²) in [4.78, 5) is 26.7. The molecule has 0 atom stereocenters. The number of aryl methyl sites for hydroxylation is 1. The highest BCUT2D eigenvalue weighted by atomic mass is 16.6. The van der Waals surface area contributed by atoms with E-state index in [0.717, 1.165) is 16.5 Å². The number of nitrogens with zero attached hydrogens (tertiary/aromatic N) is 2. The van der Waals surface area contributed by atoms with Crippen molar-refractivity contribution in [2.24, 2.45) is 0 Å². The fraction of sp³-hybridized carbons (Fsp3) is 0.238. The van der Waals surface area contributed by atoms with Crippen molar-refractivity contribution in [3.05, 3.63) is 76.1 Å². The van der Waals surface area contributed by atoms with Crippen molar-refractivity contribution in [1.82, 2.24) is 9.47 Å². The summed E-state index contributed by atoms with van der Waals surface area (Å²) in [6.07, 6.45) is -0.0984. The van der Waals surface area contributed by atoms with E-state index in [1.54, 1.807) is 18.7 Å². The lowest BCUT2D eigenvalue weighted by Crippen LogP contribution is -2.29. The second-order valence-corrected chi connectivity index (χ2v) is 6.30. The smallest absolute Gasteiger partial charge is 0.409 e. The predicted octanol–water partition coefficient (Wildman–Crippen LogP) is 3.67. The van der Waals surface area contributed by atoms with Crippen LogP contribution in [-0.4, -0.2) is 29.7 Å². The Morgan fingerprint density at radius 1 is 1.04 bits per heavy atom. The fourth-order valence-electron chi connectivity index (χ4n) is 3.00. The third-order valence-electron chi connectivity index (χ3n) is 4.31. The largest absolute Gasteiger partial charge is 0.414 e. The average molecular weight is 350 g/mol. The van der Waals surface area contributed by atoms with Gasteiger partial charge in [-0.3, -0.25) is 4.79 Å². The highest BCUT2D eigenvalue weighted by Gasteiger charge is 2.20. The molecule has 3 rings (SSSR count). The van der Waals surface area contributed by atoms with Crippen molar-refractivity contribution in [3.63, 3.8) is 0 Å².